The summed E-state index contributed by atoms with van der Waals surface area (Å²) in [7, 11) is 1.59. The molecule has 1 saturated heterocycles. The molecule has 2 aromatic rings. The third-order valence-electron chi connectivity index (χ3n) is 5.27. The van der Waals surface area contributed by atoms with Gasteiger partial charge in [0.25, 0.3) is 5.91 Å². The number of nitrogens with zero attached hydrogens (tertiary/aromatic N) is 2. The van der Waals surface area contributed by atoms with Crippen LogP contribution in [0.25, 0.3) is 0 Å². The molecule has 1 atom stereocenters. The van der Waals surface area contributed by atoms with Crippen LogP contribution < -0.4 is 10.1 Å². The fourth-order valence-corrected chi connectivity index (χ4v) is 4.00. The van der Waals surface area contributed by atoms with Crippen molar-refractivity contribution < 1.29 is 14.3 Å². The quantitative estimate of drug-likeness (QED) is 0.805. The predicted octanol–water partition coefficient (Wildman–Crippen LogP) is 3.25. The largest absolute Gasteiger partial charge is 0.495 e. The van der Waals surface area contributed by atoms with Gasteiger partial charge in [0.1, 0.15) is 11.9 Å². The van der Waals surface area contributed by atoms with Crippen LogP contribution in [0, 0.1) is 0 Å². The molecule has 2 aliphatic heterocycles. The lowest BCUT2D eigenvalue weighted by atomic mass is 10.1. The fourth-order valence-electron chi connectivity index (χ4n) is 3.74. The maximum Gasteiger partial charge on any atom is 0.256 e. The Labute approximate surface area is 170 Å². The number of anilines is 1. The number of ether oxygens (including phenoxy) is 2. The first-order valence-corrected chi connectivity index (χ1v) is 9.85. The Morgan fingerprint density at radius 2 is 1.96 bits per heavy atom. The average Bonchev–Trinajstić information content (AvgIpc) is 2.99. The van der Waals surface area contributed by atoms with Gasteiger partial charge in [-0.05, 0) is 24.3 Å². The number of hydrogen-bond donors (Lipinski definition) is 1. The number of carbonyl (C=O) groups excluding carboxylic acids is 1. The highest BCUT2D eigenvalue weighted by atomic mass is 35.5. The maximum atomic E-state index is 13.0. The monoisotopic (exact) mass is 401 g/mol. The SMILES string of the molecule is COc1ccc(NC2c3ccccc3C(=O)N2CCN2CCOCC2)cc1Cl. The first-order chi connectivity index (χ1) is 13.7. The number of carbonyl (C=O) groups is 1. The van der Waals surface area contributed by atoms with E-state index in [-0.39, 0.29) is 12.1 Å². The van der Waals surface area contributed by atoms with Crippen LogP contribution in [0.2, 0.25) is 5.02 Å². The van der Waals surface area contributed by atoms with Crippen LogP contribution in [-0.2, 0) is 4.74 Å². The zero-order valence-corrected chi connectivity index (χ0v) is 16.6. The van der Waals surface area contributed by atoms with E-state index in [1.54, 1.807) is 7.11 Å². The molecule has 0 bridgehead atoms. The number of fused-ring (bicyclic) bond motifs is 1. The van der Waals surface area contributed by atoms with Crippen molar-refractivity contribution in [3.8, 4) is 5.75 Å². The van der Waals surface area contributed by atoms with Gasteiger partial charge in [0, 0.05) is 43.0 Å². The number of benzene rings is 2. The molecule has 0 aliphatic carbocycles. The molecule has 0 saturated carbocycles. The van der Waals surface area contributed by atoms with Crippen LogP contribution in [0.1, 0.15) is 22.1 Å². The molecular weight excluding hydrogens is 378 g/mol. The minimum atomic E-state index is -0.228. The summed E-state index contributed by atoms with van der Waals surface area (Å²) in [5.74, 6) is 0.681. The third-order valence-corrected chi connectivity index (χ3v) is 5.57. The summed E-state index contributed by atoms with van der Waals surface area (Å²) < 4.78 is 10.6. The minimum Gasteiger partial charge on any atom is -0.495 e. The second-order valence-corrected chi connectivity index (χ2v) is 7.34. The van der Waals surface area contributed by atoms with E-state index < -0.39 is 0 Å². The summed E-state index contributed by atoms with van der Waals surface area (Å²) in [6, 6.07) is 13.3. The Balaban J connectivity index is 1.55. The van der Waals surface area contributed by atoms with Crippen molar-refractivity contribution in [1.29, 1.82) is 0 Å². The number of halogens is 1. The topological polar surface area (TPSA) is 54.0 Å². The third kappa shape index (κ3) is 3.81. The maximum absolute atomic E-state index is 13.0. The number of hydrogen-bond acceptors (Lipinski definition) is 5. The summed E-state index contributed by atoms with van der Waals surface area (Å²) in [5.41, 5.74) is 2.58. The highest BCUT2D eigenvalue weighted by Gasteiger charge is 2.36. The van der Waals surface area contributed by atoms with E-state index in [0.29, 0.717) is 17.3 Å². The molecule has 2 aromatic carbocycles. The number of methoxy groups -OCH3 is 1. The molecule has 0 aromatic heterocycles. The van der Waals surface area contributed by atoms with Gasteiger partial charge in [0.2, 0.25) is 0 Å². The van der Waals surface area contributed by atoms with E-state index in [1.807, 2.05) is 47.4 Å². The van der Waals surface area contributed by atoms with Gasteiger partial charge in [-0.3, -0.25) is 9.69 Å². The Morgan fingerprint density at radius 1 is 1.18 bits per heavy atom. The van der Waals surface area contributed by atoms with E-state index in [1.165, 1.54) is 0 Å². The number of rotatable bonds is 6. The van der Waals surface area contributed by atoms with Gasteiger partial charge in [-0.15, -0.1) is 0 Å². The van der Waals surface area contributed by atoms with E-state index in [9.17, 15) is 4.79 Å². The van der Waals surface area contributed by atoms with Crippen molar-refractivity contribution in [2.75, 3.05) is 51.8 Å². The molecule has 1 fully saturated rings. The summed E-state index contributed by atoms with van der Waals surface area (Å²) in [4.78, 5) is 17.3. The predicted molar refractivity (Wildman–Crippen MR) is 109 cm³/mol. The highest BCUT2D eigenvalue weighted by molar-refractivity contribution is 6.32. The Hall–Kier alpha value is -2.28. The normalized spacial score (nSPS) is 19.6. The van der Waals surface area contributed by atoms with Crippen molar-refractivity contribution in [3.63, 3.8) is 0 Å². The molecule has 1 unspecified atom stereocenters. The van der Waals surface area contributed by atoms with Crippen molar-refractivity contribution in [2.24, 2.45) is 0 Å². The molecule has 2 aliphatic rings. The molecular formula is C21H24ClN3O3. The lowest BCUT2D eigenvalue weighted by Gasteiger charge is -2.31. The standard InChI is InChI=1S/C21H24ClN3O3/c1-27-19-7-6-15(14-18(19)22)23-20-16-4-2-3-5-17(16)21(26)25(20)9-8-24-10-12-28-13-11-24/h2-7,14,20,23H,8-13H2,1H3. The van der Waals surface area contributed by atoms with Gasteiger partial charge in [-0.2, -0.15) is 0 Å². The van der Waals surface area contributed by atoms with Crippen LogP contribution in [-0.4, -0.2) is 62.2 Å². The first-order valence-electron chi connectivity index (χ1n) is 9.47. The molecule has 6 nitrogen and oxygen atoms in total. The Kier molecular flexibility index (Phi) is 5.71. The van der Waals surface area contributed by atoms with Gasteiger partial charge in [-0.1, -0.05) is 29.8 Å². The molecule has 4 rings (SSSR count). The Morgan fingerprint density at radius 3 is 2.71 bits per heavy atom. The van der Waals surface area contributed by atoms with E-state index in [0.717, 1.165) is 49.7 Å². The molecule has 148 valence electrons. The molecule has 2 heterocycles. The first kappa shape index (κ1) is 19.1. The smallest absolute Gasteiger partial charge is 0.256 e. The van der Waals surface area contributed by atoms with E-state index in [2.05, 4.69) is 10.2 Å². The molecule has 0 radical (unpaired) electrons. The number of morpholine rings is 1. The van der Waals surface area contributed by atoms with Crippen molar-refractivity contribution in [1.82, 2.24) is 9.80 Å². The lowest BCUT2D eigenvalue weighted by molar-refractivity contribution is 0.0314. The second-order valence-electron chi connectivity index (χ2n) is 6.94. The van der Waals surface area contributed by atoms with Gasteiger partial charge < -0.3 is 19.7 Å². The molecule has 28 heavy (non-hydrogen) atoms. The minimum absolute atomic E-state index is 0.0565. The van der Waals surface area contributed by atoms with Gasteiger partial charge in [-0.25, -0.2) is 0 Å². The summed E-state index contributed by atoms with van der Waals surface area (Å²) in [6.07, 6.45) is -0.228. The molecule has 0 spiro atoms. The summed E-state index contributed by atoms with van der Waals surface area (Å²) >= 11 is 6.28. The zero-order valence-electron chi connectivity index (χ0n) is 15.9. The van der Waals surface area contributed by atoms with Crippen LogP contribution in [0.5, 0.6) is 5.75 Å². The molecule has 1 N–H and O–H groups in total. The highest BCUT2D eigenvalue weighted by Crippen LogP contribution is 2.36. The summed E-state index contributed by atoms with van der Waals surface area (Å²) in [6.45, 7) is 4.78. The van der Waals surface area contributed by atoms with Gasteiger partial charge >= 0.3 is 0 Å². The number of amides is 1. The average molecular weight is 402 g/mol. The summed E-state index contributed by atoms with van der Waals surface area (Å²) in [5, 5.41) is 4.01. The lowest BCUT2D eigenvalue weighted by Crippen LogP contribution is -2.43. The van der Waals surface area contributed by atoms with Gasteiger partial charge in [0.15, 0.2) is 0 Å². The second kappa shape index (κ2) is 8.39. The van der Waals surface area contributed by atoms with E-state index in [4.69, 9.17) is 21.1 Å². The molecule has 1 amide bonds. The van der Waals surface area contributed by atoms with Crippen LogP contribution in [0.4, 0.5) is 5.69 Å². The van der Waals surface area contributed by atoms with Gasteiger partial charge in [0.05, 0.1) is 25.3 Å². The van der Waals surface area contributed by atoms with E-state index >= 15 is 0 Å². The number of nitrogens with one attached hydrogen (secondary N) is 1. The van der Waals surface area contributed by atoms with Crippen molar-refractivity contribution in [3.05, 3.63) is 58.6 Å². The molecule has 7 heteroatoms. The van der Waals surface area contributed by atoms with Crippen LogP contribution in [0.3, 0.4) is 0 Å². The van der Waals surface area contributed by atoms with Crippen molar-refractivity contribution in [2.45, 2.75) is 6.17 Å². The van der Waals surface area contributed by atoms with Crippen molar-refractivity contribution >= 4 is 23.2 Å². The Bertz CT molecular complexity index is 855. The fraction of sp³-hybridized carbons (Fsp3) is 0.381. The van der Waals surface area contributed by atoms with Crippen LogP contribution in [0.15, 0.2) is 42.5 Å². The van der Waals surface area contributed by atoms with Crippen LogP contribution >= 0.6 is 11.6 Å². The zero-order chi connectivity index (χ0) is 19.5.